The first-order chi connectivity index (χ1) is 11.3. The highest BCUT2D eigenvalue weighted by Gasteiger charge is 2.19. The van der Waals surface area contributed by atoms with Gasteiger partial charge in [0.1, 0.15) is 5.75 Å². The van der Waals surface area contributed by atoms with E-state index in [4.69, 9.17) is 4.74 Å². The number of aryl methyl sites for hydroxylation is 2. The van der Waals surface area contributed by atoms with Gasteiger partial charge in [-0.3, -0.25) is 4.79 Å². The quantitative estimate of drug-likeness (QED) is 0.826. The Balaban J connectivity index is 2.17. The van der Waals surface area contributed by atoms with Crippen molar-refractivity contribution in [3.8, 4) is 5.75 Å². The van der Waals surface area contributed by atoms with Crippen LogP contribution in [0.1, 0.15) is 48.9 Å². The number of hydrogen-bond donors (Lipinski definition) is 1. The van der Waals surface area contributed by atoms with Crippen LogP contribution < -0.4 is 10.1 Å². The van der Waals surface area contributed by atoms with Crippen molar-refractivity contribution >= 4 is 11.6 Å². The third-order valence-corrected chi connectivity index (χ3v) is 4.40. The highest BCUT2D eigenvalue weighted by atomic mass is 16.5. The summed E-state index contributed by atoms with van der Waals surface area (Å²) in [5.74, 6) is 0.967. The maximum absolute atomic E-state index is 12.6. The van der Waals surface area contributed by atoms with E-state index < -0.39 is 6.10 Å². The number of hydrogen-bond acceptors (Lipinski definition) is 2. The lowest BCUT2D eigenvalue weighted by Crippen LogP contribution is -2.31. The zero-order valence-electron chi connectivity index (χ0n) is 15.4. The van der Waals surface area contributed by atoms with Gasteiger partial charge >= 0.3 is 0 Å². The van der Waals surface area contributed by atoms with E-state index in [1.54, 1.807) is 6.92 Å². The summed E-state index contributed by atoms with van der Waals surface area (Å²) in [5, 5.41) is 3.05. The molecule has 0 aliphatic heterocycles. The summed E-state index contributed by atoms with van der Waals surface area (Å²) in [7, 11) is 0. The van der Waals surface area contributed by atoms with Crippen LogP contribution in [-0.2, 0) is 4.79 Å². The van der Waals surface area contributed by atoms with Crippen molar-refractivity contribution in [2.45, 2.75) is 53.6 Å². The molecule has 0 saturated carbocycles. The fourth-order valence-corrected chi connectivity index (χ4v) is 2.66. The molecule has 2 aromatic rings. The van der Waals surface area contributed by atoms with Gasteiger partial charge in [0.2, 0.25) is 0 Å². The van der Waals surface area contributed by atoms with Gasteiger partial charge in [0.15, 0.2) is 6.10 Å². The van der Waals surface area contributed by atoms with Crippen molar-refractivity contribution < 1.29 is 9.53 Å². The van der Waals surface area contributed by atoms with Crippen LogP contribution in [0.15, 0.2) is 36.4 Å². The number of rotatable bonds is 5. The highest BCUT2D eigenvalue weighted by molar-refractivity contribution is 5.95. The Kier molecular flexibility index (Phi) is 5.66. The molecule has 3 nitrogen and oxygen atoms in total. The van der Waals surface area contributed by atoms with E-state index in [9.17, 15) is 4.79 Å². The van der Waals surface area contributed by atoms with Crippen LogP contribution in [0.3, 0.4) is 0 Å². The third kappa shape index (κ3) is 3.97. The molecule has 1 atom stereocenters. The minimum absolute atomic E-state index is 0.132. The number of anilines is 1. The Morgan fingerprint density at radius 1 is 0.958 bits per heavy atom. The summed E-state index contributed by atoms with van der Waals surface area (Å²) in [6.45, 7) is 12.1. The summed E-state index contributed by atoms with van der Waals surface area (Å²) in [6, 6.07) is 12.0. The van der Waals surface area contributed by atoms with Crippen molar-refractivity contribution in [2.24, 2.45) is 0 Å². The first-order valence-corrected chi connectivity index (χ1v) is 8.44. The highest BCUT2D eigenvalue weighted by Crippen LogP contribution is 2.28. The Hall–Kier alpha value is -2.29. The molecule has 0 saturated heterocycles. The predicted octanol–water partition coefficient (Wildman–Crippen LogP) is 5.14. The molecule has 1 N–H and O–H groups in total. The summed E-state index contributed by atoms with van der Waals surface area (Å²) in [4.78, 5) is 12.6. The van der Waals surface area contributed by atoms with E-state index in [2.05, 4.69) is 25.2 Å². The van der Waals surface area contributed by atoms with Gasteiger partial charge in [-0.1, -0.05) is 44.2 Å². The number of carbonyl (C=O) groups excluding carboxylic acids is 1. The van der Waals surface area contributed by atoms with Gasteiger partial charge in [0.25, 0.3) is 5.91 Å². The molecule has 2 rings (SSSR count). The van der Waals surface area contributed by atoms with Crippen molar-refractivity contribution in [1.82, 2.24) is 0 Å². The number of nitrogens with one attached hydrogen (secondary N) is 1. The summed E-state index contributed by atoms with van der Waals surface area (Å²) in [5.41, 5.74) is 5.32. The average molecular weight is 325 g/mol. The molecule has 1 amide bonds. The molecule has 0 aliphatic carbocycles. The zero-order chi connectivity index (χ0) is 17.9. The Labute approximate surface area is 145 Å². The maximum atomic E-state index is 12.6. The Bertz CT molecular complexity index is 735. The largest absolute Gasteiger partial charge is 0.481 e. The second-order valence-corrected chi connectivity index (χ2v) is 6.64. The molecule has 0 fully saturated rings. The molecule has 1 unspecified atom stereocenters. The van der Waals surface area contributed by atoms with E-state index in [1.807, 2.05) is 51.1 Å². The molecule has 0 radical (unpaired) electrons. The lowest BCUT2D eigenvalue weighted by atomic mass is 9.98. The molecule has 0 heterocycles. The molecule has 24 heavy (non-hydrogen) atoms. The molecule has 2 aromatic carbocycles. The van der Waals surface area contributed by atoms with Gasteiger partial charge in [-0.2, -0.15) is 0 Å². The second kappa shape index (κ2) is 7.52. The normalized spacial score (nSPS) is 12.1. The lowest BCUT2D eigenvalue weighted by molar-refractivity contribution is -0.122. The van der Waals surface area contributed by atoms with E-state index in [1.165, 1.54) is 0 Å². The van der Waals surface area contributed by atoms with Gasteiger partial charge in [-0.25, -0.2) is 0 Å². The summed E-state index contributed by atoms with van der Waals surface area (Å²) < 4.78 is 5.89. The standard InChI is InChI=1S/C21H27NO2/c1-13(2)18-11-7-10-15(4)20(18)22-21(23)17(6)24-19-12-8-9-14(3)16(19)5/h7-13,17H,1-6H3,(H,22,23). The molecule has 0 aromatic heterocycles. The SMILES string of the molecule is Cc1cccc(OC(C)C(=O)Nc2c(C)cccc2C(C)C)c1C. The second-order valence-electron chi connectivity index (χ2n) is 6.64. The first kappa shape index (κ1) is 18.1. The van der Waals surface area contributed by atoms with Crippen LogP contribution in [0.25, 0.3) is 0 Å². The van der Waals surface area contributed by atoms with Crippen molar-refractivity contribution in [2.75, 3.05) is 5.32 Å². The van der Waals surface area contributed by atoms with Crippen molar-refractivity contribution in [3.63, 3.8) is 0 Å². The van der Waals surface area contributed by atoms with Crippen LogP contribution in [-0.4, -0.2) is 12.0 Å². The van der Waals surface area contributed by atoms with E-state index in [0.717, 1.165) is 33.7 Å². The number of benzene rings is 2. The van der Waals surface area contributed by atoms with Crippen molar-refractivity contribution in [3.05, 3.63) is 58.7 Å². The smallest absolute Gasteiger partial charge is 0.265 e. The number of para-hydroxylation sites is 1. The van der Waals surface area contributed by atoms with Gasteiger partial charge in [-0.15, -0.1) is 0 Å². The van der Waals surface area contributed by atoms with E-state index in [-0.39, 0.29) is 5.91 Å². The zero-order valence-corrected chi connectivity index (χ0v) is 15.4. The van der Waals surface area contributed by atoms with Gasteiger partial charge in [0.05, 0.1) is 0 Å². The van der Waals surface area contributed by atoms with Gasteiger partial charge < -0.3 is 10.1 Å². The summed E-state index contributed by atoms with van der Waals surface area (Å²) in [6.07, 6.45) is -0.565. The fourth-order valence-electron chi connectivity index (χ4n) is 2.66. The third-order valence-electron chi connectivity index (χ3n) is 4.40. The Morgan fingerprint density at radius 2 is 1.58 bits per heavy atom. The van der Waals surface area contributed by atoms with Crippen LogP contribution in [0, 0.1) is 20.8 Å². The molecule has 128 valence electrons. The summed E-state index contributed by atoms with van der Waals surface area (Å²) >= 11 is 0. The van der Waals surface area contributed by atoms with Crippen LogP contribution in [0.2, 0.25) is 0 Å². The van der Waals surface area contributed by atoms with Crippen LogP contribution in [0.5, 0.6) is 5.75 Å². The molecule has 0 spiro atoms. The van der Waals surface area contributed by atoms with E-state index in [0.29, 0.717) is 5.92 Å². The molecule has 0 aliphatic rings. The van der Waals surface area contributed by atoms with Crippen molar-refractivity contribution in [1.29, 1.82) is 0 Å². The first-order valence-electron chi connectivity index (χ1n) is 8.44. The predicted molar refractivity (Wildman–Crippen MR) is 99.9 cm³/mol. The Morgan fingerprint density at radius 3 is 2.25 bits per heavy atom. The van der Waals surface area contributed by atoms with Crippen LogP contribution in [0.4, 0.5) is 5.69 Å². The number of amides is 1. The minimum Gasteiger partial charge on any atom is -0.481 e. The number of ether oxygens (including phenoxy) is 1. The monoisotopic (exact) mass is 325 g/mol. The topological polar surface area (TPSA) is 38.3 Å². The van der Waals surface area contributed by atoms with E-state index >= 15 is 0 Å². The molecular formula is C21H27NO2. The van der Waals surface area contributed by atoms with Gasteiger partial charge in [0, 0.05) is 5.69 Å². The number of carbonyl (C=O) groups is 1. The average Bonchev–Trinajstić information content (AvgIpc) is 2.53. The molecule has 3 heteroatoms. The minimum atomic E-state index is -0.565. The molecular weight excluding hydrogens is 298 g/mol. The molecule has 0 bridgehead atoms. The van der Waals surface area contributed by atoms with Crippen LogP contribution >= 0.6 is 0 Å². The van der Waals surface area contributed by atoms with Gasteiger partial charge in [-0.05, 0) is 61.9 Å². The fraction of sp³-hybridized carbons (Fsp3) is 0.381. The lowest BCUT2D eigenvalue weighted by Gasteiger charge is -2.20. The maximum Gasteiger partial charge on any atom is 0.265 e.